The van der Waals surface area contributed by atoms with Crippen molar-refractivity contribution < 1.29 is 40.6 Å². The Hall–Kier alpha value is -4.09. The summed E-state index contributed by atoms with van der Waals surface area (Å²) in [4.78, 5) is 12.4. The molecule has 0 radical (unpaired) electrons. The maximum absolute atomic E-state index is 13.1. The molecule has 0 aliphatic carbocycles. The summed E-state index contributed by atoms with van der Waals surface area (Å²) in [6.07, 6.45) is 0.206. The van der Waals surface area contributed by atoms with E-state index in [9.17, 15) is 26.7 Å². The number of fused-ring (bicyclic) bond motifs is 1. The molecule has 2 aromatic heterocycles. The first kappa shape index (κ1) is 24.0. The monoisotopic (exact) mass is 495 g/mol. The fourth-order valence-electron chi connectivity index (χ4n) is 3.59. The topological polar surface area (TPSA) is 78.5 Å². The number of benzene rings is 2. The number of carbonyl (C=O) groups excluding carboxylic acids is 1. The van der Waals surface area contributed by atoms with E-state index in [-0.39, 0.29) is 11.3 Å². The van der Waals surface area contributed by atoms with Gasteiger partial charge >= 0.3 is 12.8 Å². The minimum atomic E-state index is -4.70. The minimum absolute atomic E-state index is 0.251. The summed E-state index contributed by atoms with van der Waals surface area (Å²) in [6, 6.07) is 7.82. The van der Waals surface area contributed by atoms with Crippen LogP contribution in [0.4, 0.5) is 22.0 Å². The average Bonchev–Trinajstić information content (AvgIpc) is 3.41. The second-order valence-corrected chi connectivity index (χ2v) is 7.49. The zero-order chi connectivity index (χ0) is 25.3. The van der Waals surface area contributed by atoms with Crippen molar-refractivity contribution in [3.63, 3.8) is 0 Å². The third-order valence-corrected chi connectivity index (χ3v) is 5.10. The van der Waals surface area contributed by atoms with Gasteiger partial charge in [0.25, 0.3) is 5.91 Å². The summed E-state index contributed by atoms with van der Waals surface area (Å²) >= 11 is 0. The number of aromatic nitrogens is 2. The molecule has 0 aliphatic rings. The van der Waals surface area contributed by atoms with E-state index in [1.807, 2.05) is 12.3 Å². The van der Waals surface area contributed by atoms with E-state index < -0.39 is 36.6 Å². The molecule has 1 amide bonds. The Morgan fingerprint density at radius 2 is 1.89 bits per heavy atom. The van der Waals surface area contributed by atoms with E-state index in [2.05, 4.69) is 9.84 Å². The fourth-order valence-corrected chi connectivity index (χ4v) is 3.59. The number of nitrogens with zero attached hydrogens (tertiary/aromatic N) is 2. The van der Waals surface area contributed by atoms with Crippen LogP contribution in [-0.2, 0) is 7.05 Å². The zero-order valence-corrected chi connectivity index (χ0v) is 18.3. The molecule has 2 aromatic carbocycles. The molecule has 184 valence electrons. The van der Waals surface area contributed by atoms with Gasteiger partial charge in [-0.25, -0.2) is 0 Å². The molecule has 0 bridgehead atoms. The van der Waals surface area contributed by atoms with Crippen molar-refractivity contribution in [2.45, 2.75) is 12.8 Å². The molecule has 2 heterocycles. The number of amides is 1. The van der Waals surface area contributed by atoms with Crippen molar-refractivity contribution in [2.24, 2.45) is 7.05 Å². The minimum Gasteiger partial charge on any atom is -0.496 e. The van der Waals surface area contributed by atoms with Crippen LogP contribution in [0.1, 0.15) is 10.4 Å². The number of halogens is 5. The fraction of sp³-hybridized carbons (Fsp3) is 0.217. The first-order valence-electron chi connectivity index (χ1n) is 10.1. The maximum Gasteiger partial charge on any atom is 0.405 e. The van der Waals surface area contributed by atoms with Crippen LogP contribution in [-0.4, -0.2) is 42.1 Å². The van der Waals surface area contributed by atoms with Crippen molar-refractivity contribution in [1.82, 2.24) is 15.1 Å². The smallest absolute Gasteiger partial charge is 0.405 e. The molecule has 0 saturated heterocycles. The van der Waals surface area contributed by atoms with Gasteiger partial charge < -0.3 is 19.2 Å². The summed E-state index contributed by atoms with van der Waals surface area (Å²) < 4.78 is 80.8. The average molecular weight is 495 g/mol. The Labute approximate surface area is 195 Å². The second kappa shape index (κ2) is 9.28. The van der Waals surface area contributed by atoms with E-state index in [0.29, 0.717) is 16.5 Å². The van der Waals surface area contributed by atoms with E-state index in [0.717, 1.165) is 24.3 Å². The number of hydrogen-bond acceptors (Lipinski definition) is 5. The summed E-state index contributed by atoms with van der Waals surface area (Å²) in [5.41, 5.74) is 2.35. The van der Waals surface area contributed by atoms with Gasteiger partial charge in [-0.1, -0.05) is 6.07 Å². The Bertz CT molecular complexity index is 1380. The number of carbonyl (C=O) groups is 1. The van der Waals surface area contributed by atoms with Crippen LogP contribution in [0.25, 0.3) is 33.2 Å². The van der Waals surface area contributed by atoms with Crippen LogP contribution in [0.15, 0.2) is 53.4 Å². The van der Waals surface area contributed by atoms with Gasteiger partial charge in [0.15, 0.2) is 0 Å². The Balaban J connectivity index is 1.77. The lowest BCUT2D eigenvalue weighted by atomic mass is 9.99. The zero-order valence-electron chi connectivity index (χ0n) is 18.3. The molecular formula is C23H18F5N3O4. The van der Waals surface area contributed by atoms with Gasteiger partial charge in [-0.05, 0) is 35.4 Å². The van der Waals surface area contributed by atoms with Gasteiger partial charge in [-0.3, -0.25) is 9.48 Å². The van der Waals surface area contributed by atoms with Crippen molar-refractivity contribution >= 4 is 16.9 Å². The number of furan rings is 1. The van der Waals surface area contributed by atoms with Crippen molar-refractivity contribution in [2.75, 3.05) is 13.7 Å². The lowest BCUT2D eigenvalue weighted by Gasteiger charge is -2.17. The molecular weight excluding hydrogens is 477 g/mol. The molecule has 0 unspecified atom stereocenters. The summed E-state index contributed by atoms with van der Waals surface area (Å²) in [7, 11) is 2.94. The highest BCUT2D eigenvalue weighted by molar-refractivity contribution is 6.02. The largest absolute Gasteiger partial charge is 0.496 e. The molecule has 4 aromatic rings. The van der Waals surface area contributed by atoms with Gasteiger partial charge in [0, 0.05) is 29.8 Å². The highest BCUT2D eigenvalue weighted by Gasteiger charge is 2.30. The van der Waals surface area contributed by atoms with E-state index in [4.69, 9.17) is 9.15 Å². The van der Waals surface area contributed by atoms with Crippen LogP contribution in [0.5, 0.6) is 11.5 Å². The van der Waals surface area contributed by atoms with Gasteiger partial charge in [0.05, 0.1) is 19.6 Å². The van der Waals surface area contributed by atoms with Gasteiger partial charge in [-0.15, -0.1) is 0 Å². The standard InChI is InChI=1S/C23H18F5N3O4/c1-31-9-14(8-30-31)12-3-4-15-16(10-34-17(15)5-12)13-6-18(33-2)20(19(7-13)35-22(24)25)21(32)29-11-23(26,27)28/h3-10,22H,11H2,1-2H3,(H,29,32). The second-order valence-electron chi connectivity index (χ2n) is 7.49. The summed E-state index contributed by atoms with van der Waals surface area (Å²) in [6.45, 7) is -5.00. The SMILES string of the molecule is COc1cc(-c2coc3cc(-c4cnn(C)c4)ccc23)cc(OC(F)F)c1C(=O)NCC(F)(F)F. The number of rotatable bonds is 7. The summed E-state index contributed by atoms with van der Waals surface area (Å²) in [5, 5.41) is 6.39. The highest BCUT2D eigenvalue weighted by atomic mass is 19.4. The molecule has 0 atom stereocenters. The van der Waals surface area contributed by atoms with Crippen LogP contribution >= 0.6 is 0 Å². The highest BCUT2D eigenvalue weighted by Crippen LogP contribution is 2.40. The predicted octanol–water partition coefficient (Wildman–Crippen LogP) is 5.40. The number of ether oxygens (including phenoxy) is 2. The molecule has 0 fully saturated rings. The third kappa shape index (κ3) is 5.20. The molecule has 35 heavy (non-hydrogen) atoms. The van der Waals surface area contributed by atoms with Crippen molar-refractivity contribution in [1.29, 1.82) is 0 Å². The normalized spacial score (nSPS) is 11.8. The number of alkyl halides is 5. The first-order chi connectivity index (χ1) is 16.6. The van der Waals surface area contributed by atoms with Crippen molar-refractivity contribution in [3.8, 4) is 33.8 Å². The molecule has 12 heteroatoms. The predicted molar refractivity (Wildman–Crippen MR) is 115 cm³/mol. The van der Waals surface area contributed by atoms with E-state index in [1.54, 1.807) is 35.4 Å². The first-order valence-corrected chi connectivity index (χ1v) is 10.1. The molecule has 0 aliphatic heterocycles. The third-order valence-electron chi connectivity index (χ3n) is 5.10. The number of methoxy groups -OCH3 is 1. The number of hydrogen-bond donors (Lipinski definition) is 1. The maximum atomic E-state index is 13.1. The molecule has 0 saturated carbocycles. The van der Waals surface area contributed by atoms with E-state index >= 15 is 0 Å². The van der Waals surface area contributed by atoms with Crippen LogP contribution in [0.2, 0.25) is 0 Å². The lowest BCUT2D eigenvalue weighted by molar-refractivity contribution is -0.123. The van der Waals surface area contributed by atoms with Gasteiger partial charge in [-0.2, -0.15) is 27.1 Å². The molecule has 0 spiro atoms. The van der Waals surface area contributed by atoms with Crippen LogP contribution in [0.3, 0.4) is 0 Å². The van der Waals surface area contributed by atoms with Gasteiger partial charge in [0.1, 0.15) is 29.2 Å². The van der Waals surface area contributed by atoms with Gasteiger partial charge in [0.2, 0.25) is 0 Å². The lowest BCUT2D eigenvalue weighted by Crippen LogP contribution is -2.34. The van der Waals surface area contributed by atoms with Crippen molar-refractivity contribution in [3.05, 3.63) is 54.6 Å². The summed E-state index contributed by atoms with van der Waals surface area (Å²) in [5.74, 6) is -2.17. The Morgan fingerprint density at radius 3 is 2.51 bits per heavy atom. The van der Waals surface area contributed by atoms with Crippen LogP contribution in [0, 0.1) is 0 Å². The number of nitrogens with one attached hydrogen (secondary N) is 1. The Morgan fingerprint density at radius 1 is 1.14 bits per heavy atom. The Kier molecular flexibility index (Phi) is 6.37. The molecule has 7 nitrogen and oxygen atoms in total. The number of aryl methyl sites for hydroxylation is 1. The molecule has 1 N–H and O–H groups in total. The van der Waals surface area contributed by atoms with E-state index in [1.165, 1.54) is 12.3 Å². The molecule has 4 rings (SSSR count). The van der Waals surface area contributed by atoms with Crippen LogP contribution < -0.4 is 14.8 Å². The quantitative estimate of drug-likeness (QED) is 0.347.